The second-order valence-electron chi connectivity index (χ2n) is 5.72. The summed E-state index contributed by atoms with van der Waals surface area (Å²) in [5, 5.41) is 3.80. The van der Waals surface area contributed by atoms with Crippen LogP contribution in [0.1, 0.15) is 43.6 Å². The minimum Gasteiger partial charge on any atom is -0.337 e. The van der Waals surface area contributed by atoms with Gasteiger partial charge in [-0.15, -0.1) is 12.4 Å². The van der Waals surface area contributed by atoms with Crippen LogP contribution in [0.15, 0.2) is 28.8 Å². The first-order chi connectivity index (χ1) is 10.4. The van der Waals surface area contributed by atoms with E-state index in [1.807, 2.05) is 0 Å². The topological polar surface area (TPSA) is 64.9 Å². The number of aromatic nitrogens is 2. The molecule has 3 rings (SSSR count). The molecule has 1 aromatic carbocycles. The lowest BCUT2D eigenvalue weighted by atomic mass is 9.82. The second-order valence-corrected chi connectivity index (χ2v) is 5.72. The monoisotopic (exact) mass is 347 g/mol. The number of nitrogens with two attached hydrogens (primary N) is 1. The Bertz CT molecular complexity index is 666. The minimum atomic E-state index is -4.40. The van der Waals surface area contributed by atoms with Crippen LogP contribution in [0.2, 0.25) is 0 Å². The van der Waals surface area contributed by atoms with Crippen LogP contribution in [0.25, 0.3) is 11.4 Å². The van der Waals surface area contributed by atoms with Crippen LogP contribution in [0.4, 0.5) is 13.2 Å². The van der Waals surface area contributed by atoms with E-state index in [-0.39, 0.29) is 23.8 Å². The summed E-state index contributed by atoms with van der Waals surface area (Å²) < 4.78 is 43.5. The fourth-order valence-corrected chi connectivity index (χ4v) is 2.77. The molecule has 1 aromatic heterocycles. The lowest BCUT2D eigenvalue weighted by Gasteiger charge is -2.29. The number of alkyl halides is 3. The number of benzene rings is 1. The van der Waals surface area contributed by atoms with Gasteiger partial charge >= 0.3 is 6.18 Å². The summed E-state index contributed by atoms with van der Waals surface area (Å²) in [6.45, 7) is 0. The maximum Gasteiger partial charge on any atom is 0.416 e. The largest absolute Gasteiger partial charge is 0.416 e. The van der Waals surface area contributed by atoms with Gasteiger partial charge in [-0.25, -0.2) is 0 Å². The van der Waals surface area contributed by atoms with E-state index in [9.17, 15) is 13.2 Å². The molecule has 1 heterocycles. The van der Waals surface area contributed by atoms with Crippen LogP contribution in [-0.2, 0) is 11.7 Å². The third-order valence-electron chi connectivity index (χ3n) is 4.05. The van der Waals surface area contributed by atoms with Crippen LogP contribution in [0, 0.1) is 0 Å². The van der Waals surface area contributed by atoms with Gasteiger partial charge in [-0.05, 0) is 25.0 Å². The molecule has 0 aliphatic heterocycles. The quantitative estimate of drug-likeness (QED) is 0.879. The average Bonchev–Trinajstić information content (AvgIpc) is 2.98. The normalized spacial score (nSPS) is 17.6. The van der Waals surface area contributed by atoms with Gasteiger partial charge in [0.05, 0.1) is 11.1 Å². The molecule has 0 atom stereocenters. The molecule has 8 heteroatoms. The number of nitrogens with zero attached hydrogens (tertiary/aromatic N) is 2. The van der Waals surface area contributed by atoms with Gasteiger partial charge < -0.3 is 10.3 Å². The maximum absolute atomic E-state index is 12.8. The summed E-state index contributed by atoms with van der Waals surface area (Å²) in [5.74, 6) is 0.441. The highest BCUT2D eigenvalue weighted by molar-refractivity contribution is 5.85. The molecule has 126 valence electrons. The molecule has 23 heavy (non-hydrogen) atoms. The standard InChI is InChI=1S/C15H16F3N3O.ClH/c16-15(17,18)11-6-4-5-10(9-11)12-20-13(22-21-12)14(19)7-2-1-3-8-14;/h4-6,9H,1-3,7-8,19H2;1H. The molecular formula is C15H17ClF3N3O. The second kappa shape index (κ2) is 6.49. The van der Waals surface area contributed by atoms with E-state index in [1.54, 1.807) is 0 Å². The van der Waals surface area contributed by atoms with Gasteiger partial charge in [0.1, 0.15) is 0 Å². The van der Waals surface area contributed by atoms with Crippen LogP contribution >= 0.6 is 12.4 Å². The van der Waals surface area contributed by atoms with Crippen LogP contribution in [-0.4, -0.2) is 10.1 Å². The Kier molecular flexibility index (Phi) is 5.01. The van der Waals surface area contributed by atoms with Crippen molar-refractivity contribution in [1.82, 2.24) is 10.1 Å². The molecule has 2 N–H and O–H groups in total. The van der Waals surface area contributed by atoms with Crippen molar-refractivity contribution in [2.45, 2.75) is 43.8 Å². The number of hydrogen-bond acceptors (Lipinski definition) is 4. The first-order valence-electron chi connectivity index (χ1n) is 7.19. The maximum atomic E-state index is 12.8. The smallest absolute Gasteiger partial charge is 0.337 e. The van der Waals surface area contributed by atoms with E-state index < -0.39 is 17.3 Å². The molecule has 0 saturated heterocycles. The first kappa shape index (κ1) is 17.7. The lowest BCUT2D eigenvalue weighted by molar-refractivity contribution is -0.137. The lowest BCUT2D eigenvalue weighted by Crippen LogP contribution is -2.38. The van der Waals surface area contributed by atoms with Crippen LogP contribution in [0.3, 0.4) is 0 Å². The fraction of sp³-hybridized carbons (Fsp3) is 0.467. The van der Waals surface area contributed by atoms with Crippen molar-refractivity contribution in [3.05, 3.63) is 35.7 Å². The molecule has 4 nitrogen and oxygen atoms in total. The Morgan fingerprint density at radius 1 is 1.13 bits per heavy atom. The van der Waals surface area contributed by atoms with Crippen LogP contribution in [0.5, 0.6) is 0 Å². The van der Waals surface area contributed by atoms with E-state index in [0.717, 1.165) is 44.2 Å². The summed E-state index contributed by atoms with van der Waals surface area (Å²) in [6, 6.07) is 4.87. The summed E-state index contributed by atoms with van der Waals surface area (Å²) in [6.07, 6.45) is 0.179. The molecule has 0 bridgehead atoms. The van der Waals surface area contributed by atoms with Crippen molar-refractivity contribution in [1.29, 1.82) is 0 Å². The summed E-state index contributed by atoms with van der Waals surface area (Å²) in [7, 11) is 0. The summed E-state index contributed by atoms with van der Waals surface area (Å²) in [4.78, 5) is 4.23. The van der Waals surface area contributed by atoms with E-state index >= 15 is 0 Å². The minimum absolute atomic E-state index is 0. The molecule has 1 aliphatic carbocycles. The van der Waals surface area contributed by atoms with E-state index in [2.05, 4.69) is 10.1 Å². The molecule has 1 aliphatic rings. The van der Waals surface area contributed by atoms with Crippen molar-refractivity contribution in [3.63, 3.8) is 0 Å². The van der Waals surface area contributed by atoms with Crippen molar-refractivity contribution < 1.29 is 17.7 Å². The first-order valence-corrected chi connectivity index (χ1v) is 7.19. The average molecular weight is 348 g/mol. The predicted molar refractivity (Wildman–Crippen MR) is 80.9 cm³/mol. The van der Waals surface area contributed by atoms with E-state index in [4.69, 9.17) is 10.3 Å². The Morgan fingerprint density at radius 2 is 1.83 bits per heavy atom. The Morgan fingerprint density at radius 3 is 2.48 bits per heavy atom. The zero-order valence-corrected chi connectivity index (χ0v) is 13.1. The van der Waals surface area contributed by atoms with Gasteiger partial charge in [-0.3, -0.25) is 0 Å². The van der Waals surface area contributed by atoms with Gasteiger partial charge in [0.2, 0.25) is 11.7 Å². The molecule has 1 fully saturated rings. The third kappa shape index (κ3) is 3.67. The highest BCUT2D eigenvalue weighted by atomic mass is 35.5. The molecule has 0 radical (unpaired) electrons. The van der Waals surface area contributed by atoms with E-state index in [0.29, 0.717) is 5.89 Å². The summed E-state index contributed by atoms with van der Waals surface area (Å²) >= 11 is 0. The molecular weight excluding hydrogens is 331 g/mol. The number of rotatable bonds is 2. The molecule has 0 spiro atoms. The highest BCUT2D eigenvalue weighted by Gasteiger charge is 2.35. The SMILES string of the molecule is Cl.NC1(c2nc(-c3cccc(C(F)(F)F)c3)no2)CCCCC1. The van der Waals surface area contributed by atoms with Crippen molar-refractivity contribution >= 4 is 12.4 Å². The van der Waals surface area contributed by atoms with Gasteiger partial charge in [0.25, 0.3) is 0 Å². The Labute approximate surface area is 137 Å². The Hall–Kier alpha value is -1.60. The zero-order chi connectivity index (χ0) is 15.8. The van der Waals surface area contributed by atoms with Crippen molar-refractivity contribution in [2.24, 2.45) is 5.73 Å². The van der Waals surface area contributed by atoms with Crippen molar-refractivity contribution in [3.8, 4) is 11.4 Å². The van der Waals surface area contributed by atoms with Gasteiger partial charge in [-0.1, -0.05) is 36.6 Å². The third-order valence-corrected chi connectivity index (χ3v) is 4.05. The van der Waals surface area contributed by atoms with E-state index in [1.165, 1.54) is 12.1 Å². The number of hydrogen-bond donors (Lipinski definition) is 1. The van der Waals surface area contributed by atoms with Crippen LogP contribution < -0.4 is 5.73 Å². The van der Waals surface area contributed by atoms with Gasteiger partial charge in [0, 0.05) is 5.56 Å². The number of halogens is 4. The predicted octanol–water partition coefficient (Wildman–Crippen LogP) is 4.30. The van der Waals surface area contributed by atoms with Gasteiger partial charge in [-0.2, -0.15) is 18.2 Å². The summed E-state index contributed by atoms with van der Waals surface area (Å²) in [5.41, 5.74) is 5.16. The van der Waals surface area contributed by atoms with Gasteiger partial charge in [0.15, 0.2) is 0 Å². The molecule has 0 amide bonds. The zero-order valence-electron chi connectivity index (χ0n) is 12.3. The highest BCUT2D eigenvalue weighted by Crippen LogP contribution is 2.35. The molecule has 2 aromatic rings. The fourth-order valence-electron chi connectivity index (χ4n) is 2.77. The molecule has 0 unspecified atom stereocenters. The van der Waals surface area contributed by atoms with Crippen molar-refractivity contribution in [2.75, 3.05) is 0 Å². The molecule has 1 saturated carbocycles. The Balaban J connectivity index is 0.00000192.